The predicted molar refractivity (Wildman–Crippen MR) is 115 cm³/mol. The number of carbonyl (C=O) groups excluding carboxylic acids is 4. The number of hydrogen-bond donors (Lipinski definition) is 4. The Hall–Kier alpha value is -4.14. The molecule has 5 amide bonds. The molecule has 5 N–H and O–H groups in total. The third-order valence-electron chi connectivity index (χ3n) is 5.28. The summed E-state index contributed by atoms with van der Waals surface area (Å²) in [5.41, 5.74) is 9.37. The Morgan fingerprint density at radius 1 is 0.935 bits per heavy atom. The first-order valence-electron chi connectivity index (χ1n) is 9.80. The molecule has 0 spiro atoms. The van der Waals surface area contributed by atoms with Gasteiger partial charge in [0.15, 0.2) is 0 Å². The number of nitrogens with zero attached hydrogens (tertiary/aromatic N) is 1. The van der Waals surface area contributed by atoms with E-state index >= 15 is 0 Å². The zero-order chi connectivity index (χ0) is 22.0. The number of carbonyl (C=O) groups is 4. The maximum absolute atomic E-state index is 12.9. The first-order valence-corrected chi connectivity index (χ1v) is 9.80. The lowest BCUT2D eigenvalue weighted by Gasteiger charge is -2.38. The fraction of sp³-hybridized carbons (Fsp3) is 0.182. The number of hydrazine groups is 1. The van der Waals surface area contributed by atoms with E-state index < -0.39 is 17.9 Å². The molecule has 4 rings (SSSR count). The van der Waals surface area contributed by atoms with Crippen LogP contribution in [0.15, 0.2) is 60.7 Å². The average Bonchev–Trinajstić information content (AvgIpc) is 2.76. The minimum atomic E-state index is -0.708. The standard InChI is InChI=1S/C22H21N5O4/c23-22(31)25-15-7-4-6-14(12-15)24-19(28)13-5-3-8-16(11-13)27-21(30)18-10-2-1-9-17(18)20(29)26-27/h1-8,11-12,17-18H,9-10H2,(H,24,28)(H,26,29)(H3,23,25,31). The van der Waals surface area contributed by atoms with Crippen molar-refractivity contribution in [2.24, 2.45) is 17.6 Å². The van der Waals surface area contributed by atoms with Crippen molar-refractivity contribution < 1.29 is 19.2 Å². The summed E-state index contributed by atoms with van der Waals surface area (Å²) in [6.07, 6.45) is 4.90. The van der Waals surface area contributed by atoms with Crippen LogP contribution in [0, 0.1) is 11.8 Å². The molecule has 1 fully saturated rings. The molecule has 2 aromatic carbocycles. The zero-order valence-electron chi connectivity index (χ0n) is 16.5. The molecule has 31 heavy (non-hydrogen) atoms. The van der Waals surface area contributed by atoms with Gasteiger partial charge in [-0.1, -0.05) is 24.3 Å². The van der Waals surface area contributed by atoms with Crippen molar-refractivity contribution in [3.05, 3.63) is 66.2 Å². The summed E-state index contributed by atoms with van der Waals surface area (Å²) in [6, 6.07) is 12.3. The lowest BCUT2D eigenvalue weighted by Crippen LogP contribution is -2.59. The van der Waals surface area contributed by atoms with E-state index in [4.69, 9.17) is 5.73 Å². The first kappa shape index (κ1) is 20.1. The molecule has 2 atom stereocenters. The normalized spacial score (nSPS) is 19.9. The van der Waals surface area contributed by atoms with Gasteiger partial charge in [0, 0.05) is 16.9 Å². The van der Waals surface area contributed by atoms with E-state index in [0.717, 1.165) is 0 Å². The number of hydrogen-bond acceptors (Lipinski definition) is 4. The number of amides is 5. The van der Waals surface area contributed by atoms with Gasteiger partial charge in [0.2, 0.25) is 11.8 Å². The fourth-order valence-corrected chi connectivity index (χ4v) is 3.79. The van der Waals surface area contributed by atoms with Gasteiger partial charge in [0.25, 0.3) is 5.91 Å². The molecule has 158 valence electrons. The lowest BCUT2D eigenvalue weighted by molar-refractivity contribution is -0.139. The van der Waals surface area contributed by atoms with Gasteiger partial charge < -0.3 is 16.4 Å². The predicted octanol–water partition coefficient (Wildman–Crippen LogP) is 2.39. The minimum Gasteiger partial charge on any atom is -0.351 e. The molecule has 1 aliphatic carbocycles. The van der Waals surface area contributed by atoms with Crippen LogP contribution >= 0.6 is 0 Å². The van der Waals surface area contributed by atoms with E-state index in [1.165, 1.54) is 11.1 Å². The van der Waals surface area contributed by atoms with Gasteiger partial charge in [-0.2, -0.15) is 0 Å². The summed E-state index contributed by atoms with van der Waals surface area (Å²) in [5, 5.41) is 6.40. The smallest absolute Gasteiger partial charge is 0.316 e. The monoisotopic (exact) mass is 419 g/mol. The van der Waals surface area contributed by atoms with Crippen molar-refractivity contribution >= 4 is 40.8 Å². The van der Waals surface area contributed by atoms with Crippen molar-refractivity contribution in [1.82, 2.24) is 5.43 Å². The number of rotatable bonds is 4. The number of urea groups is 1. The summed E-state index contributed by atoms with van der Waals surface area (Å²) in [5.74, 6) is -1.58. The molecule has 1 saturated heterocycles. The Bertz CT molecular complexity index is 1100. The Kier molecular flexibility index (Phi) is 5.40. The van der Waals surface area contributed by atoms with Gasteiger partial charge in [-0.05, 0) is 49.2 Å². The highest BCUT2D eigenvalue weighted by molar-refractivity contribution is 6.07. The lowest BCUT2D eigenvalue weighted by atomic mass is 9.80. The number of primary amides is 1. The summed E-state index contributed by atoms with van der Waals surface area (Å²) < 4.78 is 0. The molecule has 9 heteroatoms. The zero-order valence-corrected chi connectivity index (χ0v) is 16.5. The number of anilines is 3. The maximum atomic E-state index is 12.9. The Balaban J connectivity index is 1.52. The van der Waals surface area contributed by atoms with Crippen LogP contribution in [0.1, 0.15) is 23.2 Å². The highest BCUT2D eigenvalue weighted by Gasteiger charge is 2.42. The molecule has 2 unspecified atom stereocenters. The summed E-state index contributed by atoms with van der Waals surface area (Å²) >= 11 is 0. The van der Waals surface area contributed by atoms with Crippen LogP contribution in [0.4, 0.5) is 21.9 Å². The third kappa shape index (κ3) is 4.25. The van der Waals surface area contributed by atoms with E-state index in [2.05, 4.69) is 16.1 Å². The highest BCUT2D eigenvalue weighted by Crippen LogP contribution is 2.32. The topological polar surface area (TPSA) is 134 Å². The largest absolute Gasteiger partial charge is 0.351 e. The number of nitrogens with one attached hydrogen (secondary N) is 3. The third-order valence-corrected chi connectivity index (χ3v) is 5.28. The second-order valence-corrected chi connectivity index (χ2v) is 7.38. The second kappa shape index (κ2) is 8.31. The molecule has 0 aromatic heterocycles. The Morgan fingerprint density at radius 3 is 2.35 bits per heavy atom. The minimum absolute atomic E-state index is 0.197. The number of fused-ring (bicyclic) bond motifs is 1. The molecule has 1 aliphatic heterocycles. The summed E-state index contributed by atoms with van der Waals surface area (Å²) in [4.78, 5) is 49.1. The quantitative estimate of drug-likeness (QED) is 0.566. The molecule has 0 radical (unpaired) electrons. The Labute approximate surface area is 178 Å². The van der Waals surface area contributed by atoms with Crippen LogP contribution < -0.4 is 26.8 Å². The summed E-state index contributed by atoms with van der Waals surface area (Å²) in [7, 11) is 0. The van der Waals surface area contributed by atoms with Crippen LogP contribution in [-0.4, -0.2) is 23.8 Å². The highest BCUT2D eigenvalue weighted by atomic mass is 16.2. The summed E-state index contributed by atoms with van der Waals surface area (Å²) in [6.45, 7) is 0. The van der Waals surface area contributed by atoms with Crippen molar-refractivity contribution in [2.45, 2.75) is 12.8 Å². The van der Waals surface area contributed by atoms with E-state index in [-0.39, 0.29) is 17.7 Å². The molecule has 0 saturated carbocycles. The van der Waals surface area contributed by atoms with Crippen molar-refractivity contribution in [3.8, 4) is 0 Å². The van der Waals surface area contributed by atoms with E-state index in [9.17, 15) is 19.2 Å². The van der Waals surface area contributed by atoms with Crippen LogP contribution in [0.2, 0.25) is 0 Å². The molecular weight excluding hydrogens is 398 g/mol. The number of allylic oxidation sites excluding steroid dienone is 2. The molecule has 2 aliphatic rings. The van der Waals surface area contributed by atoms with E-state index in [1.807, 2.05) is 12.2 Å². The van der Waals surface area contributed by atoms with Crippen molar-refractivity contribution in [1.29, 1.82) is 0 Å². The molecule has 2 aromatic rings. The van der Waals surface area contributed by atoms with E-state index in [1.54, 1.807) is 42.5 Å². The van der Waals surface area contributed by atoms with Gasteiger partial charge in [-0.25, -0.2) is 9.80 Å². The van der Waals surface area contributed by atoms with E-state index in [0.29, 0.717) is 35.5 Å². The molecular formula is C22H21N5O4. The van der Waals surface area contributed by atoms with Crippen LogP contribution in [0.5, 0.6) is 0 Å². The van der Waals surface area contributed by atoms with Crippen LogP contribution in [-0.2, 0) is 9.59 Å². The molecule has 0 bridgehead atoms. The molecule has 1 heterocycles. The maximum Gasteiger partial charge on any atom is 0.316 e. The number of benzene rings is 2. The van der Waals surface area contributed by atoms with Gasteiger partial charge in [0.05, 0.1) is 17.5 Å². The van der Waals surface area contributed by atoms with Crippen LogP contribution in [0.3, 0.4) is 0 Å². The van der Waals surface area contributed by atoms with Gasteiger partial charge >= 0.3 is 6.03 Å². The molecule has 9 nitrogen and oxygen atoms in total. The first-order chi connectivity index (χ1) is 14.9. The van der Waals surface area contributed by atoms with Gasteiger partial charge in [-0.15, -0.1) is 0 Å². The Morgan fingerprint density at radius 2 is 1.61 bits per heavy atom. The van der Waals surface area contributed by atoms with Gasteiger partial charge in [-0.3, -0.25) is 19.8 Å². The SMILES string of the molecule is NC(=O)Nc1cccc(NC(=O)c2cccc(N3NC(=O)C4CC=CCC4C3=O)c2)c1. The van der Waals surface area contributed by atoms with Crippen molar-refractivity contribution in [3.63, 3.8) is 0 Å². The average molecular weight is 419 g/mol. The second-order valence-electron chi connectivity index (χ2n) is 7.38. The fourth-order valence-electron chi connectivity index (χ4n) is 3.79. The van der Waals surface area contributed by atoms with Gasteiger partial charge in [0.1, 0.15) is 0 Å². The van der Waals surface area contributed by atoms with Crippen molar-refractivity contribution in [2.75, 3.05) is 15.6 Å². The van der Waals surface area contributed by atoms with Crippen LogP contribution in [0.25, 0.3) is 0 Å². The number of nitrogens with two attached hydrogens (primary N) is 1.